The van der Waals surface area contributed by atoms with Crippen LogP contribution in [0.25, 0.3) is 20.7 Å². The van der Waals surface area contributed by atoms with Gasteiger partial charge in [0.05, 0.1) is 11.7 Å². The standard InChI is InChI=1S/C24H23N3O2S/c1-3-26(14-18-10-6-4-7-11-18)20(28)15-27-16-25-23-21(24(27)29)17(2)22(30-23)19-12-8-5-9-13-19/h4-13,16H,3,14-15H2,1-2H3. The van der Waals surface area contributed by atoms with E-state index >= 15 is 0 Å². The summed E-state index contributed by atoms with van der Waals surface area (Å²) in [5.41, 5.74) is 2.88. The van der Waals surface area contributed by atoms with Gasteiger partial charge in [-0.15, -0.1) is 11.3 Å². The van der Waals surface area contributed by atoms with E-state index in [2.05, 4.69) is 4.98 Å². The Kier molecular flexibility index (Phi) is 5.77. The number of carbonyl (C=O) groups excluding carboxylic acids is 1. The van der Waals surface area contributed by atoms with Gasteiger partial charge in [0, 0.05) is 18.0 Å². The van der Waals surface area contributed by atoms with Gasteiger partial charge in [-0.2, -0.15) is 0 Å². The monoisotopic (exact) mass is 417 g/mol. The molecule has 2 aromatic heterocycles. The van der Waals surface area contributed by atoms with Crippen LogP contribution in [0, 0.1) is 6.92 Å². The van der Waals surface area contributed by atoms with Crippen LogP contribution in [-0.4, -0.2) is 26.9 Å². The molecule has 5 nitrogen and oxygen atoms in total. The Hall–Kier alpha value is -3.25. The van der Waals surface area contributed by atoms with Crippen molar-refractivity contribution in [1.82, 2.24) is 14.5 Å². The lowest BCUT2D eigenvalue weighted by Crippen LogP contribution is -2.36. The minimum absolute atomic E-state index is 0.0155. The normalized spacial score (nSPS) is 11.0. The summed E-state index contributed by atoms with van der Waals surface area (Å²) in [5, 5.41) is 0.597. The van der Waals surface area contributed by atoms with E-state index in [4.69, 9.17) is 0 Å². The van der Waals surface area contributed by atoms with E-state index in [0.717, 1.165) is 21.6 Å². The zero-order valence-electron chi connectivity index (χ0n) is 17.0. The van der Waals surface area contributed by atoms with Gasteiger partial charge >= 0.3 is 0 Å². The number of thiophene rings is 1. The molecular weight excluding hydrogens is 394 g/mol. The largest absolute Gasteiger partial charge is 0.337 e. The first kappa shape index (κ1) is 20.0. The summed E-state index contributed by atoms with van der Waals surface area (Å²) in [5.74, 6) is -0.0965. The maximum atomic E-state index is 13.2. The van der Waals surface area contributed by atoms with Crippen molar-refractivity contribution >= 4 is 27.5 Å². The van der Waals surface area contributed by atoms with Crippen molar-refractivity contribution in [3.05, 3.63) is 88.5 Å². The number of carbonyl (C=O) groups is 1. The minimum atomic E-state index is -0.167. The fourth-order valence-electron chi connectivity index (χ4n) is 3.56. The molecule has 0 saturated carbocycles. The highest BCUT2D eigenvalue weighted by molar-refractivity contribution is 7.22. The van der Waals surface area contributed by atoms with E-state index in [-0.39, 0.29) is 18.0 Å². The fourth-order valence-corrected chi connectivity index (χ4v) is 4.71. The van der Waals surface area contributed by atoms with Crippen LogP contribution in [0.5, 0.6) is 0 Å². The number of aromatic nitrogens is 2. The Labute approximate surface area is 179 Å². The van der Waals surface area contributed by atoms with Gasteiger partial charge in [-0.05, 0) is 30.5 Å². The molecule has 0 bridgehead atoms. The summed E-state index contributed by atoms with van der Waals surface area (Å²) in [6.07, 6.45) is 1.49. The van der Waals surface area contributed by atoms with Gasteiger partial charge in [0.2, 0.25) is 5.91 Å². The maximum absolute atomic E-state index is 13.2. The van der Waals surface area contributed by atoms with Crippen LogP contribution in [0.4, 0.5) is 0 Å². The summed E-state index contributed by atoms with van der Waals surface area (Å²) >= 11 is 1.51. The number of fused-ring (bicyclic) bond motifs is 1. The van der Waals surface area contributed by atoms with Gasteiger partial charge in [-0.3, -0.25) is 14.2 Å². The highest BCUT2D eigenvalue weighted by Crippen LogP contribution is 2.35. The number of hydrogen-bond acceptors (Lipinski definition) is 4. The van der Waals surface area contributed by atoms with E-state index in [1.165, 1.54) is 22.2 Å². The fraction of sp³-hybridized carbons (Fsp3) is 0.208. The molecule has 0 spiro atoms. The lowest BCUT2D eigenvalue weighted by Gasteiger charge is -2.21. The number of rotatable bonds is 6. The number of likely N-dealkylation sites (N-methyl/N-ethyl adjacent to an activating group) is 1. The Morgan fingerprint density at radius 1 is 1.07 bits per heavy atom. The molecule has 2 heterocycles. The third-order valence-electron chi connectivity index (χ3n) is 5.21. The maximum Gasteiger partial charge on any atom is 0.262 e. The zero-order valence-corrected chi connectivity index (χ0v) is 17.9. The van der Waals surface area contributed by atoms with Gasteiger partial charge in [0.15, 0.2) is 0 Å². The number of hydrogen-bond donors (Lipinski definition) is 0. The summed E-state index contributed by atoms with van der Waals surface area (Å²) in [4.78, 5) is 34.0. The SMILES string of the molecule is CCN(Cc1ccccc1)C(=O)Cn1cnc2sc(-c3ccccc3)c(C)c2c1=O. The van der Waals surface area contributed by atoms with Crippen molar-refractivity contribution in [2.45, 2.75) is 26.9 Å². The molecular formula is C24H23N3O2S. The first-order valence-electron chi connectivity index (χ1n) is 9.94. The van der Waals surface area contributed by atoms with Gasteiger partial charge in [0.1, 0.15) is 11.4 Å². The topological polar surface area (TPSA) is 55.2 Å². The van der Waals surface area contributed by atoms with Crippen LogP contribution in [0.3, 0.4) is 0 Å². The molecule has 0 aliphatic heterocycles. The molecule has 0 radical (unpaired) electrons. The van der Waals surface area contributed by atoms with Crippen molar-refractivity contribution in [2.24, 2.45) is 0 Å². The zero-order chi connectivity index (χ0) is 21.1. The average molecular weight is 418 g/mol. The lowest BCUT2D eigenvalue weighted by atomic mass is 10.1. The molecule has 4 rings (SSSR count). The van der Waals surface area contributed by atoms with Gasteiger partial charge < -0.3 is 4.90 Å². The first-order chi connectivity index (χ1) is 14.6. The second kappa shape index (κ2) is 8.63. The van der Waals surface area contributed by atoms with Crippen LogP contribution >= 0.6 is 11.3 Å². The Morgan fingerprint density at radius 3 is 2.40 bits per heavy atom. The number of benzene rings is 2. The third kappa shape index (κ3) is 3.91. The van der Waals surface area contributed by atoms with Crippen LogP contribution in [-0.2, 0) is 17.9 Å². The lowest BCUT2D eigenvalue weighted by molar-refractivity contribution is -0.132. The Bertz CT molecular complexity index is 1230. The molecule has 0 atom stereocenters. The minimum Gasteiger partial charge on any atom is -0.337 e. The number of aryl methyl sites for hydroxylation is 1. The molecule has 6 heteroatoms. The molecule has 4 aromatic rings. The summed E-state index contributed by atoms with van der Waals surface area (Å²) in [6.45, 7) is 4.98. The van der Waals surface area contributed by atoms with Crippen molar-refractivity contribution in [2.75, 3.05) is 6.54 Å². The van der Waals surface area contributed by atoms with Gasteiger partial charge in [-0.25, -0.2) is 4.98 Å². The Morgan fingerprint density at radius 2 is 1.73 bits per heavy atom. The molecule has 30 heavy (non-hydrogen) atoms. The van der Waals surface area contributed by atoms with E-state index < -0.39 is 0 Å². The molecule has 0 aliphatic carbocycles. The molecule has 0 N–H and O–H groups in total. The molecule has 152 valence electrons. The molecule has 0 saturated heterocycles. The average Bonchev–Trinajstić information content (AvgIpc) is 3.12. The van der Waals surface area contributed by atoms with Crippen LogP contribution < -0.4 is 5.56 Å². The number of amides is 1. The predicted molar refractivity (Wildman–Crippen MR) is 122 cm³/mol. The van der Waals surface area contributed by atoms with Crippen LogP contribution in [0.15, 0.2) is 71.8 Å². The van der Waals surface area contributed by atoms with Gasteiger partial charge in [-0.1, -0.05) is 60.7 Å². The predicted octanol–water partition coefficient (Wildman–Crippen LogP) is 4.48. The van der Waals surface area contributed by atoms with E-state index in [0.29, 0.717) is 23.3 Å². The van der Waals surface area contributed by atoms with E-state index in [1.807, 2.05) is 74.5 Å². The van der Waals surface area contributed by atoms with E-state index in [9.17, 15) is 9.59 Å². The van der Waals surface area contributed by atoms with Crippen LogP contribution in [0.1, 0.15) is 18.1 Å². The molecule has 0 aliphatic rings. The van der Waals surface area contributed by atoms with Gasteiger partial charge in [0.25, 0.3) is 5.56 Å². The second-order valence-electron chi connectivity index (χ2n) is 7.17. The highest BCUT2D eigenvalue weighted by Gasteiger charge is 2.18. The molecule has 1 amide bonds. The van der Waals surface area contributed by atoms with E-state index in [1.54, 1.807) is 4.90 Å². The summed E-state index contributed by atoms with van der Waals surface area (Å²) in [7, 11) is 0. The van der Waals surface area contributed by atoms with Crippen LogP contribution in [0.2, 0.25) is 0 Å². The van der Waals surface area contributed by atoms with Crippen molar-refractivity contribution in [3.8, 4) is 10.4 Å². The molecule has 0 unspecified atom stereocenters. The molecule has 0 fully saturated rings. The molecule has 2 aromatic carbocycles. The Balaban J connectivity index is 1.63. The van der Waals surface area contributed by atoms with Crippen molar-refractivity contribution in [3.63, 3.8) is 0 Å². The first-order valence-corrected chi connectivity index (χ1v) is 10.8. The van der Waals surface area contributed by atoms with Crippen molar-refractivity contribution in [1.29, 1.82) is 0 Å². The van der Waals surface area contributed by atoms with Crippen molar-refractivity contribution < 1.29 is 4.79 Å². The quantitative estimate of drug-likeness (QED) is 0.465. The summed E-state index contributed by atoms with van der Waals surface area (Å²) < 4.78 is 1.42. The second-order valence-corrected chi connectivity index (χ2v) is 8.17. The number of nitrogens with zero attached hydrogens (tertiary/aromatic N) is 3. The third-order valence-corrected chi connectivity index (χ3v) is 6.46. The highest BCUT2D eigenvalue weighted by atomic mass is 32.1. The summed E-state index contributed by atoms with van der Waals surface area (Å²) in [6, 6.07) is 19.9. The smallest absolute Gasteiger partial charge is 0.262 e.